The number of carboxylic acid groups (broad SMARTS) is 1. The summed E-state index contributed by atoms with van der Waals surface area (Å²) in [6.45, 7) is 0.466. The second-order valence-corrected chi connectivity index (χ2v) is 7.49. The molecule has 1 aliphatic heterocycles. The molecule has 2 aromatic heterocycles. The van der Waals surface area contributed by atoms with Crippen molar-refractivity contribution in [2.75, 3.05) is 12.3 Å². The van der Waals surface area contributed by atoms with Gasteiger partial charge in [0.1, 0.15) is 15.7 Å². The number of carboxylic acids is 1. The van der Waals surface area contributed by atoms with Crippen LogP contribution in [0.4, 0.5) is 5.69 Å². The molecule has 3 heterocycles. The highest BCUT2D eigenvalue weighted by Crippen LogP contribution is 2.37. The molecule has 0 spiro atoms. The van der Waals surface area contributed by atoms with E-state index in [-0.39, 0.29) is 5.91 Å². The van der Waals surface area contributed by atoms with E-state index < -0.39 is 12.0 Å². The van der Waals surface area contributed by atoms with Crippen LogP contribution in [0.2, 0.25) is 0 Å². The molecule has 7 heteroatoms. The number of fused-ring (bicyclic) bond motifs is 2. The lowest BCUT2D eigenvalue weighted by molar-refractivity contribution is -0.141. The molecule has 2 aromatic rings. The lowest BCUT2D eigenvalue weighted by atomic mass is 9.95. The molecule has 6 nitrogen and oxygen atoms in total. The van der Waals surface area contributed by atoms with Crippen LogP contribution in [0.25, 0.3) is 10.2 Å². The number of nitrogen functional groups attached to an aromatic ring is 1. The van der Waals surface area contributed by atoms with Gasteiger partial charge in [-0.05, 0) is 50.2 Å². The van der Waals surface area contributed by atoms with Crippen molar-refractivity contribution in [3.63, 3.8) is 0 Å². The Balaban J connectivity index is 1.75. The summed E-state index contributed by atoms with van der Waals surface area (Å²) in [5, 5.41) is 10.1. The van der Waals surface area contributed by atoms with Gasteiger partial charge >= 0.3 is 5.97 Å². The second kappa shape index (κ2) is 5.73. The molecule has 0 radical (unpaired) electrons. The number of aryl methyl sites for hydroxylation is 2. The van der Waals surface area contributed by atoms with Gasteiger partial charge in [0.05, 0.1) is 5.69 Å². The van der Waals surface area contributed by atoms with Crippen molar-refractivity contribution < 1.29 is 14.7 Å². The van der Waals surface area contributed by atoms with Crippen LogP contribution >= 0.6 is 11.3 Å². The highest BCUT2D eigenvalue weighted by molar-refractivity contribution is 7.21. The van der Waals surface area contributed by atoms with E-state index in [0.29, 0.717) is 30.0 Å². The third kappa shape index (κ3) is 2.34. The highest BCUT2D eigenvalue weighted by Gasteiger charge is 2.36. The van der Waals surface area contributed by atoms with E-state index in [4.69, 9.17) is 10.7 Å². The Hall–Kier alpha value is -2.15. The van der Waals surface area contributed by atoms with Crippen LogP contribution in [-0.2, 0) is 17.6 Å². The minimum atomic E-state index is -0.950. The van der Waals surface area contributed by atoms with Crippen LogP contribution in [0.15, 0.2) is 6.07 Å². The molecule has 0 unspecified atom stereocenters. The molecule has 1 aliphatic carbocycles. The van der Waals surface area contributed by atoms with Crippen LogP contribution in [0.5, 0.6) is 0 Å². The average molecular weight is 345 g/mol. The molecule has 2 aliphatic rings. The summed E-state index contributed by atoms with van der Waals surface area (Å²) in [5.74, 6) is -1.23. The molecule has 0 aromatic carbocycles. The molecule has 1 amide bonds. The van der Waals surface area contributed by atoms with Gasteiger partial charge in [-0.2, -0.15) is 0 Å². The van der Waals surface area contributed by atoms with E-state index in [9.17, 15) is 14.7 Å². The molecule has 3 N–H and O–H groups in total. The smallest absolute Gasteiger partial charge is 0.326 e. The molecule has 24 heavy (non-hydrogen) atoms. The maximum absolute atomic E-state index is 12.8. The standard InChI is InChI=1S/C17H19N3O3S/c18-13-10-8-9-4-1-2-5-11(9)19-15(10)24-14(13)16(21)20-7-3-6-12(20)17(22)23/h8,12H,1-7,18H2,(H,22,23)/t12-/m1/s1. The van der Waals surface area contributed by atoms with Gasteiger partial charge in [0.2, 0.25) is 0 Å². The minimum Gasteiger partial charge on any atom is -0.480 e. The van der Waals surface area contributed by atoms with Gasteiger partial charge in [0, 0.05) is 17.6 Å². The lowest BCUT2D eigenvalue weighted by Gasteiger charge is -2.20. The summed E-state index contributed by atoms with van der Waals surface area (Å²) < 4.78 is 0. The Morgan fingerprint density at radius 1 is 1.29 bits per heavy atom. The van der Waals surface area contributed by atoms with Crippen LogP contribution in [0.1, 0.15) is 46.6 Å². The van der Waals surface area contributed by atoms with Gasteiger partial charge < -0.3 is 15.7 Å². The fraction of sp³-hybridized carbons (Fsp3) is 0.471. The van der Waals surface area contributed by atoms with Crippen LogP contribution in [0, 0.1) is 0 Å². The molecule has 126 valence electrons. The quantitative estimate of drug-likeness (QED) is 0.871. The number of nitrogens with two attached hydrogens (primary N) is 1. The fourth-order valence-corrected chi connectivity index (χ4v) is 4.77. The number of aliphatic carboxylic acids is 1. The van der Waals surface area contributed by atoms with E-state index in [1.165, 1.54) is 21.8 Å². The molecular weight excluding hydrogens is 326 g/mol. The van der Waals surface area contributed by atoms with Gasteiger partial charge in [-0.15, -0.1) is 11.3 Å². The Bertz CT molecular complexity index is 845. The molecule has 4 rings (SSSR count). The summed E-state index contributed by atoms with van der Waals surface area (Å²) in [6, 6.07) is 1.32. The summed E-state index contributed by atoms with van der Waals surface area (Å²) in [5.41, 5.74) is 9.01. The number of hydrogen-bond donors (Lipinski definition) is 2. The largest absolute Gasteiger partial charge is 0.480 e. The average Bonchev–Trinajstić information content (AvgIpc) is 3.18. The summed E-state index contributed by atoms with van der Waals surface area (Å²) in [4.78, 5) is 31.5. The first-order valence-corrected chi connectivity index (χ1v) is 9.12. The first-order valence-electron chi connectivity index (χ1n) is 8.31. The second-order valence-electron chi connectivity index (χ2n) is 6.49. The van der Waals surface area contributed by atoms with Crippen LogP contribution in [0.3, 0.4) is 0 Å². The van der Waals surface area contributed by atoms with Gasteiger partial charge in [-0.3, -0.25) is 4.79 Å². The molecular formula is C17H19N3O3S. The zero-order chi connectivity index (χ0) is 16.8. The number of rotatable bonds is 2. The Kier molecular flexibility index (Phi) is 3.68. The van der Waals surface area contributed by atoms with Crippen molar-refractivity contribution in [3.05, 3.63) is 22.2 Å². The number of likely N-dealkylation sites (tertiary alicyclic amines) is 1. The summed E-state index contributed by atoms with van der Waals surface area (Å²) >= 11 is 1.29. The maximum atomic E-state index is 12.8. The van der Waals surface area contributed by atoms with Crippen molar-refractivity contribution in [1.82, 2.24) is 9.88 Å². The number of hydrogen-bond acceptors (Lipinski definition) is 5. The van der Waals surface area contributed by atoms with E-state index in [1.807, 2.05) is 0 Å². The molecule has 0 saturated carbocycles. The van der Waals surface area contributed by atoms with Crippen molar-refractivity contribution in [2.24, 2.45) is 0 Å². The monoisotopic (exact) mass is 345 g/mol. The summed E-state index contributed by atoms with van der Waals surface area (Å²) in [7, 11) is 0. The number of amides is 1. The normalized spacial score (nSPS) is 20.3. The summed E-state index contributed by atoms with van der Waals surface area (Å²) in [6.07, 6.45) is 5.48. The highest BCUT2D eigenvalue weighted by atomic mass is 32.1. The zero-order valence-electron chi connectivity index (χ0n) is 13.2. The zero-order valence-corrected chi connectivity index (χ0v) is 14.1. The Morgan fingerprint density at radius 2 is 2.08 bits per heavy atom. The molecule has 0 bridgehead atoms. The maximum Gasteiger partial charge on any atom is 0.326 e. The Morgan fingerprint density at radius 3 is 2.88 bits per heavy atom. The van der Waals surface area contributed by atoms with Gasteiger partial charge in [-0.1, -0.05) is 0 Å². The number of nitrogens with zero attached hydrogens (tertiary/aromatic N) is 2. The van der Waals surface area contributed by atoms with E-state index >= 15 is 0 Å². The fourth-order valence-electron chi connectivity index (χ4n) is 3.72. The minimum absolute atomic E-state index is 0.279. The topological polar surface area (TPSA) is 96.5 Å². The van der Waals surface area contributed by atoms with E-state index in [1.54, 1.807) is 0 Å². The SMILES string of the molecule is Nc1c(C(=O)N2CCC[C@@H]2C(=O)O)sc2nc3c(cc12)CCCC3. The number of thiophene rings is 1. The molecule has 1 fully saturated rings. The van der Waals surface area contributed by atoms with Crippen molar-refractivity contribution in [3.8, 4) is 0 Å². The van der Waals surface area contributed by atoms with Crippen molar-refractivity contribution >= 4 is 39.1 Å². The van der Waals surface area contributed by atoms with Crippen molar-refractivity contribution in [2.45, 2.75) is 44.6 Å². The number of pyridine rings is 1. The van der Waals surface area contributed by atoms with E-state index in [2.05, 4.69) is 6.07 Å². The lowest BCUT2D eigenvalue weighted by Crippen LogP contribution is -2.40. The number of aromatic nitrogens is 1. The third-order valence-corrected chi connectivity index (χ3v) is 6.10. The molecule has 1 saturated heterocycles. The predicted molar refractivity (Wildman–Crippen MR) is 92.4 cm³/mol. The number of anilines is 1. The first kappa shape index (κ1) is 15.4. The molecule has 1 atom stereocenters. The third-order valence-electron chi connectivity index (χ3n) is 4.99. The van der Waals surface area contributed by atoms with Crippen LogP contribution in [-0.4, -0.2) is 39.5 Å². The Labute approximate surface area is 143 Å². The van der Waals surface area contributed by atoms with Gasteiger partial charge in [-0.25, -0.2) is 9.78 Å². The van der Waals surface area contributed by atoms with Gasteiger partial charge in [0.15, 0.2) is 0 Å². The predicted octanol–water partition coefficient (Wildman–Crippen LogP) is 2.45. The van der Waals surface area contributed by atoms with Crippen LogP contribution < -0.4 is 5.73 Å². The van der Waals surface area contributed by atoms with Gasteiger partial charge in [0.25, 0.3) is 5.91 Å². The van der Waals surface area contributed by atoms with E-state index in [0.717, 1.165) is 41.6 Å². The number of carbonyl (C=O) groups excluding carboxylic acids is 1. The van der Waals surface area contributed by atoms with Crippen molar-refractivity contribution in [1.29, 1.82) is 0 Å². The first-order chi connectivity index (χ1) is 11.6. The number of carbonyl (C=O) groups is 2.